The van der Waals surface area contributed by atoms with Gasteiger partial charge >= 0.3 is 0 Å². The average molecular weight is 175 g/mol. The van der Waals surface area contributed by atoms with Gasteiger partial charge in [-0.3, -0.25) is 0 Å². The van der Waals surface area contributed by atoms with Crippen molar-refractivity contribution in [3.8, 4) is 0 Å². The second-order valence-corrected chi connectivity index (χ2v) is 3.71. The smallest absolute Gasteiger partial charge is 0.135 e. The molecule has 2 N–H and O–H groups in total. The number of halogens is 1. The highest BCUT2D eigenvalue weighted by Crippen LogP contribution is 2.32. The van der Waals surface area contributed by atoms with Crippen LogP contribution in [0.15, 0.2) is 0 Å². The first-order valence-electron chi connectivity index (χ1n) is 4.68. The fourth-order valence-corrected chi connectivity index (χ4v) is 1.65. The zero-order valence-electron chi connectivity index (χ0n) is 7.68. The van der Waals surface area contributed by atoms with Crippen LogP contribution >= 0.6 is 0 Å². The molecule has 0 amide bonds. The highest BCUT2D eigenvalue weighted by Gasteiger charge is 2.37. The van der Waals surface area contributed by atoms with E-state index in [0.29, 0.717) is 19.4 Å². The van der Waals surface area contributed by atoms with Gasteiger partial charge in [-0.15, -0.1) is 0 Å². The Morgan fingerprint density at radius 2 is 2.42 bits per heavy atom. The van der Waals surface area contributed by atoms with Crippen molar-refractivity contribution in [3.63, 3.8) is 0 Å². The fourth-order valence-electron chi connectivity index (χ4n) is 1.65. The predicted molar refractivity (Wildman–Crippen MR) is 46.8 cm³/mol. The van der Waals surface area contributed by atoms with Gasteiger partial charge in [-0.1, -0.05) is 6.92 Å². The molecule has 2 atom stereocenters. The van der Waals surface area contributed by atoms with Crippen molar-refractivity contribution in [2.45, 2.75) is 44.3 Å². The standard InChI is InChI=1S/C9H18FNO/c1-2-5-12-7-9(10)4-3-8(11)6-9/h8H,2-7,11H2,1H3. The molecule has 0 aromatic heterocycles. The quantitative estimate of drug-likeness (QED) is 0.659. The summed E-state index contributed by atoms with van der Waals surface area (Å²) in [5, 5.41) is 0. The fraction of sp³-hybridized carbons (Fsp3) is 1.00. The van der Waals surface area contributed by atoms with Gasteiger partial charge in [0.2, 0.25) is 0 Å². The molecule has 1 aliphatic rings. The van der Waals surface area contributed by atoms with Gasteiger partial charge in [0.25, 0.3) is 0 Å². The third-order valence-corrected chi connectivity index (χ3v) is 2.30. The molecule has 1 rings (SSSR count). The molecule has 0 saturated heterocycles. The summed E-state index contributed by atoms with van der Waals surface area (Å²) in [6.07, 6.45) is 2.78. The predicted octanol–water partition coefficient (Wildman–Crippen LogP) is 1.63. The maximum atomic E-state index is 13.7. The SMILES string of the molecule is CCCOCC1(F)CCC(N)C1. The van der Waals surface area contributed by atoms with Crippen LogP contribution in [0.5, 0.6) is 0 Å². The molecule has 0 heterocycles. The number of ether oxygens (including phenoxy) is 1. The van der Waals surface area contributed by atoms with Gasteiger partial charge in [0.15, 0.2) is 0 Å². The number of hydrogen-bond acceptors (Lipinski definition) is 2. The molecule has 72 valence electrons. The van der Waals surface area contributed by atoms with Gasteiger partial charge < -0.3 is 10.5 Å². The Hall–Kier alpha value is -0.150. The van der Waals surface area contributed by atoms with E-state index in [2.05, 4.69) is 0 Å². The van der Waals surface area contributed by atoms with Crippen LogP contribution < -0.4 is 5.73 Å². The Labute approximate surface area is 73.3 Å². The number of alkyl halides is 1. The van der Waals surface area contributed by atoms with Crippen molar-refractivity contribution in [1.29, 1.82) is 0 Å². The van der Waals surface area contributed by atoms with Gasteiger partial charge in [-0.2, -0.15) is 0 Å². The molecule has 12 heavy (non-hydrogen) atoms. The molecular weight excluding hydrogens is 157 g/mol. The Bertz CT molecular complexity index is 142. The van der Waals surface area contributed by atoms with E-state index in [1.807, 2.05) is 6.92 Å². The van der Waals surface area contributed by atoms with Crippen LogP contribution in [-0.2, 0) is 4.74 Å². The van der Waals surface area contributed by atoms with Crippen LogP contribution in [0.2, 0.25) is 0 Å². The molecule has 3 heteroatoms. The Morgan fingerprint density at radius 3 is 2.92 bits per heavy atom. The van der Waals surface area contributed by atoms with Gasteiger partial charge in [0.05, 0.1) is 6.61 Å². The first-order chi connectivity index (χ1) is 5.66. The van der Waals surface area contributed by atoms with Crippen molar-refractivity contribution in [2.75, 3.05) is 13.2 Å². The largest absolute Gasteiger partial charge is 0.378 e. The van der Waals surface area contributed by atoms with Gasteiger partial charge in [0.1, 0.15) is 5.67 Å². The summed E-state index contributed by atoms with van der Waals surface area (Å²) in [4.78, 5) is 0. The van der Waals surface area contributed by atoms with Gasteiger partial charge in [-0.05, 0) is 25.7 Å². The van der Waals surface area contributed by atoms with E-state index < -0.39 is 5.67 Å². The highest BCUT2D eigenvalue weighted by atomic mass is 19.1. The van der Waals surface area contributed by atoms with Crippen LogP contribution in [0.3, 0.4) is 0 Å². The third-order valence-electron chi connectivity index (χ3n) is 2.30. The number of rotatable bonds is 4. The van der Waals surface area contributed by atoms with E-state index in [0.717, 1.165) is 12.8 Å². The zero-order chi connectivity index (χ0) is 9.03. The third kappa shape index (κ3) is 2.72. The molecule has 1 aliphatic carbocycles. The van der Waals surface area contributed by atoms with E-state index >= 15 is 0 Å². The van der Waals surface area contributed by atoms with E-state index in [9.17, 15) is 4.39 Å². The number of nitrogens with two attached hydrogens (primary N) is 1. The monoisotopic (exact) mass is 175 g/mol. The van der Waals surface area contributed by atoms with Crippen LogP contribution in [0, 0.1) is 0 Å². The highest BCUT2D eigenvalue weighted by molar-refractivity contribution is 4.91. The second-order valence-electron chi connectivity index (χ2n) is 3.71. The molecule has 0 bridgehead atoms. The Morgan fingerprint density at radius 1 is 1.67 bits per heavy atom. The lowest BCUT2D eigenvalue weighted by molar-refractivity contribution is 0.0184. The molecule has 0 spiro atoms. The molecule has 0 aromatic rings. The summed E-state index contributed by atoms with van der Waals surface area (Å²) in [6.45, 7) is 2.90. The minimum absolute atomic E-state index is 0.0419. The molecule has 1 fully saturated rings. The van der Waals surface area contributed by atoms with Crippen molar-refractivity contribution < 1.29 is 9.13 Å². The molecule has 2 nitrogen and oxygen atoms in total. The summed E-state index contributed by atoms with van der Waals surface area (Å²) in [7, 11) is 0. The Kier molecular flexibility index (Phi) is 3.47. The summed E-state index contributed by atoms with van der Waals surface area (Å²) in [6, 6.07) is 0.0419. The van der Waals surface area contributed by atoms with Gasteiger partial charge in [-0.25, -0.2) is 4.39 Å². The minimum Gasteiger partial charge on any atom is -0.378 e. The van der Waals surface area contributed by atoms with E-state index in [1.54, 1.807) is 0 Å². The first-order valence-corrected chi connectivity index (χ1v) is 4.68. The Balaban J connectivity index is 2.21. The van der Waals surface area contributed by atoms with E-state index in [1.165, 1.54) is 0 Å². The van der Waals surface area contributed by atoms with E-state index in [-0.39, 0.29) is 12.6 Å². The van der Waals surface area contributed by atoms with E-state index in [4.69, 9.17) is 10.5 Å². The summed E-state index contributed by atoms with van der Waals surface area (Å²) >= 11 is 0. The average Bonchev–Trinajstić information content (AvgIpc) is 2.32. The van der Waals surface area contributed by atoms with Crippen LogP contribution in [-0.4, -0.2) is 24.9 Å². The summed E-state index contributed by atoms with van der Waals surface area (Å²) in [5.74, 6) is 0. The van der Waals surface area contributed by atoms with Crippen molar-refractivity contribution in [2.24, 2.45) is 5.73 Å². The van der Waals surface area contributed by atoms with Crippen LogP contribution in [0.25, 0.3) is 0 Å². The van der Waals surface area contributed by atoms with Crippen molar-refractivity contribution >= 4 is 0 Å². The van der Waals surface area contributed by atoms with Crippen LogP contribution in [0.4, 0.5) is 4.39 Å². The van der Waals surface area contributed by atoms with Crippen molar-refractivity contribution in [1.82, 2.24) is 0 Å². The maximum absolute atomic E-state index is 13.7. The lowest BCUT2D eigenvalue weighted by atomic mass is 10.1. The topological polar surface area (TPSA) is 35.2 Å². The second kappa shape index (κ2) is 4.19. The number of hydrogen-bond donors (Lipinski definition) is 1. The normalized spacial score (nSPS) is 35.8. The van der Waals surface area contributed by atoms with Gasteiger partial charge in [0, 0.05) is 12.6 Å². The van der Waals surface area contributed by atoms with Crippen LogP contribution in [0.1, 0.15) is 32.6 Å². The lowest BCUT2D eigenvalue weighted by Crippen LogP contribution is -2.28. The molecule has 1 saturated carbocycles. The molecule has 0 aliphatic heterocycles. The summed E-state index contributed by atoms with van der Waals surface area (Å²) in [5.41, 5.74) is 4.49. The molecular formula is C9H18FNO. The maximum Gasteiger partial charge on any atom is 0.135 e. The molecule has 0 aromatic carbocycles. The zero-order valence-corrected chi connectivity index (χ0v) is 7.68. The first kappa shape index (κ1) is 9.93. The summed E-state index contributed by atoms with van der Waals surface area (Å²) < 4.78 is 18.9. The lowest BCUT2D eigenvalue weighted by Gasteiger charge is -2.18. The van der Waals surface area contributed by atoms with Crippen molar-refractivity contribution in [3.05, 3.63) is 0 Å². The minimum atomic E-state index is -1.13. The molecule has 0 radical (unpaired) electrons. The molecule has 2 unspecified atom stereocenters.